The fourth-order valence-corrected chi connectivity index (χ4v) is 5.30. The van der Waals surface area contributed by atoms with Crippen LogP contribution in [-0.4, -0.2) is 66.1 Å². The summed E-state index contributed by atoms with van der Waals surface area (Å²) in [6, 6.07) is 7.12. The molecule has 2 saturated heterocycles. The van der Waals surface area contributed by atoms with E-state index in [4.69, 9.17) is 0 Å². The van der Waals surface area contributed by atoms with Crippen LogP contribution in [0.1, 0.15) is 44.2 Å². The molecule has 6 nitrogen and oxygen atoms in total. The summed E-state index contributed by atoms with van der Waals surface area (Å²) in [5, 5.41) is 6.86. The van der Waals surface area contributed by atoms with Crippen LogP contribution in [0.4, 0.5) is 4.79 Å². The largest absolute Gasteiger partial charge is 0.335 e. The van der Waals surface area contributed by atoms with Crippen molar-refractivity contribution in [3.8, 4) is 0 Å². The lowest BCUT2D eigenvalue weighted by Crippen LogP contribution is -2.47. The summed E-state index contributed by atoms with van der Waals surface area (Å²) in [6.07, 6.45) is 8.65. The zero-order chi connectivity index (χ0) is 19.3. The summed E-state index contributed by atoms with van der Waals surface area (Å²) >= 11 is 0. The first-order chi connectivity index (χ1) is 13.7. The van der Waals surface area contributed by atoms with Crippen molar-refractivity contribution in [3.63, 3.8) is 0 Å². The average molecular weight is 386 g/mol. The molecule has 0 spiro atoms. The zero-order valence-electron chi connectivity index (χ0n) is 17.1. The molecule has 2 aliphatic heterocycles. The van der Waals surface area contributed by atoms with Crippen LogP contribution in [0.2, 0.25) is 0 Å². The Bertz CT molecular complexity index is 639. The van der Waals surface area contributed by atoms with E-state index in [1.165, 1.54) is 13.0 Å². The lowest BCUT2D eigenvalue weighted by molar-refractivity contribution is 0.178. The van der Waals surface area contributed by atoms with Crippen LogP contribution >= 0.6 is 0 Å². The topological polar surface area (TPSA) is 60.5 Å². The third-order valence-corrected chi connectivity index (χ3v) is 7.03. The molecule has 0 radical (unpaired) electrons. The van der Waals surface area contributed by atoms with Gasteiger partial charge in [-0.15, -0.1) is 0 Å². The van der Waals surface area contributed by atoms with Gasteiger partial charge in [0.15, 0.2) is 0 Å². The first kappa shape index (κ1) is 19.6. The lowest BCUT2D eigenvalue weighted by Gasteiger charge is -2.33. The average Bonchev–Trinajstić information content (AvgIpc) is 3.02. The first-order valence-corrected chi connectivity index (χ1v) is 11.1. The standard InChI is InChI=1S/C22H35N5O/c1-26(16-20-5-2-3-10-24-20)21-6-4-11-27(12-9-21)22(28)25-19-8-7-17-14-23-15-18(17)13-19/h2-3,5,10,17-19,21,23H,4,6-9,11-16H2,1H3,(H,25,28). The predicted molar refractivity (Wildman–Crippen MR) is 111 cm³/mol. The smallest absolute Gasteiger partial charge is 0.317 e. The highest BCUT2D eigenvalue weighted by atomic mass is 16.2. The van der Waals surface area contributed by atoms with E-state index in [0.29, 0.717) is 12.1 Å². The summed E-state index contributed by atoms with van der Waals surface area (Å²) < 4.78 is 0. The molecule has 3 heterocycles. The number of urea groups is 1. The van der Waals surface area contributed by atoms with Gasteiger partial charge in [-0.1, -0.05) is 6.07 Å². The lowest BCUT2D eigenvalue weighted by atomic mass is 9.79. The molecule has 1 aromatic rings. The Morgan fingerprint density at radius 2 is 2.11 bits per heavy atom. The van der Waals surface area contributed by atoms with Gasteiger partial charge < -0.3 is 15.5 Å². The number of rotatable bonds is 4. The quantitative estimate of drug-likeness (QED) is 0.836. The van der Waals surface area contributed by atoms with Crippen LogP contribution in [-0.2, 0) is 6.54 Å². The van der Waals surface area contributed by atoms with E-state index in [1.54, 1.807) is 0 Å². The molecule has 4 rings (SSSR count). The SMILES string of the molecule is CN(Cc1ccccn1)C1CCCN(C(=O)NC2CCC3CNCC3C2)CC1. The molecule has 0 aromatic carbocycles. The van der Waals surface area contributed by atoms with E-state index in [-0.39, 0.29) is 6.03 Å². The molecule has 1 saturated carbocycles. The van der Waals surface area contributed by atoms with Crippen molar-refractivity contribution in [2.75, 3.05) is 33.2 Å². The van der Waals surface area contributed by atoms with Gasteiger partial charge in [0.2, 0.25) is 0 Å². The number of aromatic nitrogens is 1. The molecule has 154 valence electrons. The van der Waals surface area contributed by atoms with Crippen LogP contribution in [0, 0.1) is 11.8 Å². The predicted octanol–water partition coefficient (Wildman–Crippen LogP) is 2.47. The van der Waals surface area contributed by atoms with E-state index in [2.05, 4.69) is 33.6 Å². The summed E-state index contributed by atoms with van der Waals surface area (Å²) in [5.74, 6) is 1.59. The Morgan fingerprint density at radius 1 is 1.21 bits per heavy atom. The first-order valence-electron chi connectivity index (χ1n) is 11.1. The van der Waals surface area contributed by atoms with Crippen molar-refractivity contribution in [3.05, 3.63) is 30.1 Å². The van der Waals surface area contributed by atoms with Gasteiger partial charge in [-0.3, -0.25) is 9.88 Å². The van der Waals surface area contributed by atoms with Gasteiger partial charge in [0, 0.05) is 37.9 Å². The molecule has 3 fully saturated rings. The monoisotopic (exact) mass is 385 g/mol. The van der Waals surface area contributed by atoms with E-state index in [0.717, 1.165) is 75.8 Å². The molecule has 2 N–H and O–H groups in total. The number of hydrogen-bond acceptors (Lipinski definition) is 4. The number of likely N-dealkylation sites (tertiary alicyclic amines) is 1. The van der Waals surface area contributed by atoms with Crippen LogP contribution in [0.25, 0.3) is 0 Å². The molecule has 4 unspecified atom stereocenters. The second-order valence-electron chi connectivity index (χ2n) is 8.95. The molecular weight excluding hydrogens is 350 g/mol. The van der Waals surface area contributed by atoms with Crippen LogP contribution in [0.5, 0.6) is 0 Å². The molecule has 0 bridgehead atoms. The van der Waals surface area contributed by atoms with E-state index >= 15 is 0 Å². The number of hydrogen-bond donors (Lipinski definition) is 2. The van der Waals surface area contributed by atoms with E-state index < -0.39 is 0 Å². The Hall–Kier alpha value is -1.66. The van der Waals surface area contributed by atoms with E-state index in [1.807, 2.05) is 23.2 Å². The minimum absolute atomic E-state index is 0.155. The van der Waals surface area contributed by atoms with Crippen molar-refractivity contribution < 1.29 is 4.79 Å². The van der Waals surface area contributed by atoms with Gasteiger partial charge in [-0.05, 0) is 82.6 Å². The summed E-state index contributed by atoms with van der Waals surface area (Å²) in [4.78, 5) is 21.8. The van der Waals surface area contributed by atoms with Crippen molar-refractivity contribution in [1.29, 1.82) is 0 Å². The fraction of sp³-hybridized carbons (Fsp3) is 0.727. The molecule has 1 aliphatic carbocycles. The van der Waals surface area contributed by atoms with Crippen molar-refractivity contribution in [1.82, 2.24) is 25.4 Å². The second kappa shape index (κ2) is 9.23. The number of carbonyl (C=O) groups excluding carboxylic acids is 1. The number of fused-ring (bicyclic) bond motifs is 1. The number of nitrogens with zero attached hydrogens (tertiary/aromatic N) is 3. The van der Waals surface area contributed by atoms with Crippen LogP contribution in [0.15, 0.2) is 24.4 Å². The maximum atomic E-state index is 12.9. The molecule has 6 heteroatoms. The van der Waals surface area contributed by atoms with Crippen molar-refractivity contribution in [2.45, 2.75) is 57.2 Å². The van der Waals surface area contributed by atoms with Crippen LogP contribution in [0.3, 0.4) is 0 Å². The summed E-state index contributed by atoms with van der Waals surface area (Å²) in [5.41, 5.74) is 1.11. The Balaban J connectivity index is 1.24. The molecule has 2 amide bonds. The van der Waals surface area contributed by atoms with Crippen molar-refractivity contribution >= 4 is 6.03 Å². The highest BCUT2D eigenvalue weighted by Crippen LogP contribution is 2.32. The van der Waals surface area contributed by atoms with Crippen LogP contribution < -0.4 is 10.6 Å². The second-order valence-corrected chi connectivity index (χ2v) is 8.95. The maximum Gasteiger partial charge on any atom is 0.317 e. The van der Waals surface area contributed by atoms with Gasteiger partial charge in [0.05, 0.1) is 5.69 Å². The third kappa shape index (κ3) is 4.84. The molecular formula is C22H35N5O. The minimum atomic E-state index is 0.155. The zero-order valence-corrected chi connectivity index (χ0v) is 17.1. The highest BCUT2D eigenvalue weighted by Gasteiger charge is 2.35. The maximum absolute atomic E-state index is 12.9. The summed E-state index contributed by atoms with van der Waals surface area (Å²) in [7, 11) is 2.18. The van der Waals surface area contributed by atoms with Crippen molar-refractivity contribution in [2.24, 2.45) is 11.8 Å². The van der Waals surface area contributed by atoms with Gasteiger partial charge in [0.25, 0.3) is 0 Å². The molecule has 4 atom stereocenters. The van der Waals surface area contributed by atoms with Gasteiger partial charge in [-0.25, -0.2) is 4.79 Å². The summed E-state index contributed by atoms with van der Waals surface area (Å²) in [6.45, 7) is 4.90. The van der Waals surface area contributed by atoms with Gasteiger partial charge in [-0.2, -0.15) is 0 Å². The number of carbonyl (C=O) groups is 1. The minimum Gasteiger partial charge on any atom is -0.335 e. The fourth-order valence-electron chi connectivity index (χ4n) is 5.30. The number of nitrogens with one attached hydrogen (secondary N) is 2. The number of pyridine rings is 1. The van der Waals surface area contributed by atoms with Gasteiger partial charge >= 0.3 is 6.03 Å². The Kier molecular flexibility index (Phi) is 6.47. The normalized spacial score (nSPS) is 30.7. The molecule has 3 aliphatic rings. The Morgan fingerprint density at radius 3 is 2.96 bits per heavy atom. The third-order valence-electron chi connectivity index (χ3n) is 7.03. The van der Waals surface area contributed by atoms with E-state index in [9.17, 15) is 4.79 Å². The molecule has 28 heavy (non-hydrogen) atoms. The Labute approximate surface area is 169 Å². The van der Waals surface area contributed by atoms with Gasteiger partial charge in [0.1, 0.15) is 0 Å². The number of amides is 2. The molecule has 1 aromatic heterocycles. The highest BCUT2D eigenvalue weighted by molar-refractivity contribution is 5.74.